The second kappa shape index (κ2) is 5.07. The van der Waals surface area contributed by atoms with Crippen LogP contribution in [-0.4, -0.2) is 33.3 Å². The van der Waals surface area contributed by atoms with E-state index in [-0.39, 0.29) is 16.8 Å². The van der Waals surface area contributed by atoms with E-state index >= 15 is 0 Å². The zero-order chi connectivity index (χ0) is 11.5. The third-order valence-electron chi connectivity index (χ3n) is 2.97. The van der Waals surface area contributed by atoms with Crippen molar-refractivity contribution in [1.29, 1.82) is 0 Å². The zero-order valence-corrected chi connectivity index (χ0v) is 10.1. The summed E-state index contributed by atoms with van der Waals surface area (Å²) in [5, 5.41) is 21.1. The molecule has 1 rings (SSSR count). The van der Waals surface area contributed by atoms with Crippen LogP contribution in [0, 0.1) is 5.41 Å². The van der Waals surface area contributed by atoms with Gasteiger partial charge in [-0.25, -0.2) is 0 Å². The van der Waals surface area contributed by atoms with Gasteiger partial charge in [-0.2, -0.15) is 11.8 Å². The largest absolute Gasteiger partial charge is 0.409 e. The summed E-state index contributed by atoms with van der Waals surface area (Å²) in [5.74, 6) is 1.30. The van der Waals surface area contributed by atoms with Crippen molar-refractivity contribution in [3.8, 4) is 0 Å². The lowest BCUT2D eigenvalue weighted by Crippen LogP contribution is -2.22. The van der Waals surface area contributed by atoms with Crippen molar-refractivity contribution < 1.29 is 10.3 Å². The molecule has 0 aromatic heterocycles. The highest BCUT2D eigenvalue weighted by Crippen LogP contribution is 2.51. The maximum Gasteiger partial charge on any atom is 0.139 e. The molecule has 15 heavy (non-hydrogen) atoms. The van der Waals surface area contributed by atoms with Crippen LogP contribution in [0.2, 0.25) is 0 Å². The minimum absolute atomic E-state index is 0.226. The van der Waals surface area contributed by atoms with Crippen LogP contribution in [0.15, 0.2) is 5.16 Å². The molecule has 1 aliphatic rings. The number of hydrogen-bond donors (Lipinski definition) is 3. The highest BCUT2D eigenvalue weighted by atomic mass is 32.2. The van der Waals surface area contributed by atoms with Crippen molar-refractivity contribution in [3.63, 3.8) is 0 Å². The fraction of sp³-hybridized carbons (Fsp3) is 0.900. The Morgan fingerprint density at radius 3 is 2.53 bits per heavy atom. The van der Waals surface area contributed by atoms with Gasteiger partial charge in [0.05, 0.1) is 6.10 Å². The smallest absolute Gasteiger partial charge is 0.139 e. The van der Waals surface area contributed by atoms with Crippen molar-refractivity contribution in [3.05, 3.63) is 0 Å². The summed E-state index contributed by atoms with van der Waals surface area (Å²) >= 11 is 1.76. The fourth-order valence-electron chi connectivity index (χ4n) is 1.42. The van der Waals surface area contributed by atoms with Crippen LogP contribution in [0.4, 0.5) is 0 Å². The summed E-state index contributed by atoms with van der Waals surface area (Å²) in [7, 11) is 0. The summed E-state index contributed by atoms with van der Waals surface area (Å²) in [4.78, 5) is 0. The van der Waals surface area contributed by atoms with Gasteiger partial charge in [0.1, 0.15) is 5.84 Å². The monoisotopic (exact) mass is 232 g/mol. The van der Waals surface area contributed by atoms with Gasteiger partial charge in [-0.1, -0.05) is 12.1 Å². The summed E-state index contributed by atoms with van der Waals surface area (Å²) < 4.78 is 0. The number of nitrogens with two attached hydrogens (primary N) is 1. The van der Waals surface area contributed by atoms with Crippen LogP contribution >= 0.6 is 11.8 Å². The highest BCUT2D eigenvalue weighted by molar-refractivity contribution is 7.99. The van der Waals surface area contributed by atoms with Crippen molar-refractivity contribution in [2.45, 2.75) is 44.5 Å². The number of rotatable bonds is 6. The Bertz CT molecular complexity index is 240. The summed E-state index contributed by atoms with van der Waals surface area (Å²) in [6.45, 7) is 3.83. The molecule has 1 fully saturated rings. The van der Waals surface area contributed by atoms with Crippen LogP contribution in [0.25, 0.3) is 0 Å². The first-order chi connectivity index (χ1) is 6.99. The molecule has 2 atom stereocenters. The molecule has 0 aromatic carbocycles. The standard InChI is InChI=1S/C10H20N2O2S/c1-7(13)8(2)15-6-10(3-4-10)5-9(11)12-14/h7-8,13-14H,3-6H2,1-2H3,(H2,11,12). The highest BCUT2D eigenvalue weighted by Gasteiger charge is 2.43. The number of nitrogens with zero attached hydrogens (tertiary/aromatic N) is 1. The fourth-order valence-corrected chi connectivity index (χ4v) is 2.70. The molecule has 2 unspecified atom stereocenters. The Labute approximate surface area is 94.9 Å². The van der Waals surface area contributed by atoms with Crippen molar-refractivity contribution in [2.75, 3.05) is 5.75 Å². The Morgan fingerprint density at radius 2 is 2.13 bits per heavy atom. The molecule has 1 saturated carbocycles. The second-order valence-electron chi connectivity index (χ2n) is 4.52. The quantitative estimate of drug-likeness (QED) is 0.280. The van der Waals surface area contributed by atoms with E-state index in [0.29, 0.717) is 12.3 Å². The van der Waals surface area contributed by atoms with Crippen LogP contribution in [-0.2, 0) is 0 Å². The molecule has 88 valence electrons. The molecule has 0 aliphatic heterocycles. The average Bonchev–Trinajstić information content (AvgIpc) is 2.94. The number of oxime groups is 1. The molecule has 0 bridgehead atoms. The van der Waals surface area contributed by atoms with E-state index < -0.39 is 0 Å². The number of thioether (sulfide) groups is 1. The van der Waals surface area contributed by atoms with Crippen LogP contribution in [0.3, 0.4) is 0 Å². The van der Waals surface area contributed by atoms with Gasteiger partial charge < -0.3 is 16.0 Å². The molecule has 4 N–H and O–H groups in total. The van der Waals surface area contributed by atoms with Gasteiger partial charge in [-0.05, 0) is 30.9 Å². The molecule has 0 radical (unpaired) electrons. The topological polar surface area (TPSA) is 78.8 Å². The van der Waals surface area contributed by atoms with Gasteiger partial charge in [-0.15, -0.1) is 0 Å². The Balaban J connectivity index is 2.32. The van der Waals surface area contributed by atoms with Gasteiger partial charge in [-0.3, -0.25) is 0 Å². The third-order valence-corrected chi connectivity index (χ3v) is 4.67. The van der Waals surface area contributed by atoms with Gasteiger partial charge in [0, 0.05) is 11.7 Å². The predicted octanol–water partition coefficient (Wildman–Crippen LogP) is 1.41. The molecular weight excluding hydrogens is 212 g/mol. The van der Waals surface area contributed by atoms with Gasteiger partial charge >= 0.3 is 0 Å². The van der Waals surface area contributed by atoms with Crippen LogP contribution in [0.1, 0.15) is 33.1 Å². The lowest BCUT2D eigenvalue weighted by molar-refractivity contribution is 0.196. The number of aliphatic hydroxyl groups is 1. The molecule has 4 nitrogen and oxygen atoms in total. The van der Waals surface area contributed by atoms with E-state index in [1.165, 1.54) is 0 Å². The van der Waals surface area contributed by atoms with E-state index in [4.69, 9.17) is 10.9 Å². The first-order valence-electron chi connectivity index (χ1n) is 5.25. The van der Waals surface area contributed by atoms with Gasteiger partial charge in [0.15, 0.2) is 0 Å². The summed E-state index contributed by atoms with van der Waals surface area (Å²) in [6, 6.07) is 0. The third kappa shape index (κ3) is 3.91. The minimum atomic E-state index is -0.283. The lowest BCUT2D eigenvalue weighted by Gasteiger charge is -2.19. The van der Waals surface area contributed by atoms with Crippen molar-refractivity contribution >= 4 is 17.6 Å². The molecular formula is C10H20N2O2S. The van der Waals surface area contributed by atoms with Crippen molar-refractivity contribution in [1.82, 2.24) is 0 Å². The van der Waals surface area contributed by atoms with Gasteiger partial charge in [0.2, 0.25) is 0 Å². The first-order valence-corrected chi connectivity index (χ1v) is 6.30. The zero-order valence-electron chi connectivity index (χ0n) is 9.31. The average molecular weight is 232 g/mol. The van der Waals surface area contributed by atoms with E-state index in [0.717, 1.165) is 18.6 Å². The molecule has 0 aromatic rings. The number of amidine groups is 1. The van der Waals surface area contributed by atoms with Gasteiger partial charge in [0.25, 0.3) is 0 Å². The Morgan fingerprint density at radius 1 is 1.53 bits per heavy atom. The lowest BCUT2D eigenvalue weighted by atomic mass is 10.1. The minimum Gasteiger partial charge on any atom is -0.409 e. The number of hydrogen-bond acceptors (Lipinski definition) is 4. The van der Waals surface area contributed by atoms with E-state index in [1.807, 2.05) is 6.92 Å². The Hall–Kier alpha value is -0.420. The molecule has 0 amide bonds. The molecule has 5 heteroatoms. The van der Waals surface area contributed by atoms with E-state index in [1.54, 1.807) is 18.7 Å². The SMILES string of the molecule is CC(O)C(C)SCC1(CC(N)=NO)CC1. The molecule has 0 saturated heterocycles. The van der Waals surface area contributed by atoms with Crippen molar-refractivity contribution in [2.24, 2.45) is 16.3 Å². The second-order valence-corrected chi connectivity index (χ2v) is 5.89. The molecule has 1 aliphatic carbocycles. The van der Waals surface area contributed by atoms with E-state index in [2.05, 4.69) is 5.16 Å². The summed E-state index contributed by atoms with van der Waals surface area (Å²) in [5.41, 5.74) is 5.73. The van der Waals surface area contributed by atoms with E-state index in [9.17, 15) is 5.11 Å². The normalized spacial score (nSPS) is 23.5. The van der Waals surface area contributed by atoms with Crippen LogP contribution < -0.4 is 5.73 Å². The first kappa shape index (κ1) is 12.6. The molecule has 0 spiro atoms. The summed E-state index contributed by atoms with van der Waals surface area (Å²) in [6.07, 6.45) is 2.67. The maximum atomic E-state index is 9.36. The molecule has 0 heterocycles. The predicted molar refractivity (Wildman–Crippen MR) is 63.3 cm³/mol. The Kier molecular flexibility index (Phi) is 4.28. The van der Waals surface area contributed by atoms with Crippen LogP contribution in [0.5, 0.6) is 0 Å². The number of aliphatic hydroxyl groups excluding tert-OH is 1. The maximum absolute atomic E-state index is 9.36.